The molecule has 0 aliphatic carbocycles. The van der Waals surface area contributed by atoms with Crippen LogP contribution in [-0.4, -0.2) is 27.6 Å². The third-order valence-electron chi connectivity index (χ3n) is 2.80. The third kappa shape index (κ3) is 4.72. The van der Waals surface area contributed by atoms with Crippen molar-refractivity contribution in [3.05, 3.63) is 48.0 Å². The van der Waals surface area contributed by atoms with Crippen LogP contribution in [0.3, 0.4) is 0 Å². The van der Waals surface area contributed by atoms with Gasteiger partial charge in [-0.2, -0.15) is 5.26 Å². The van der Waals surface area contributed by atoms with Gasteiger partial charge in [-0.15, -0.1) is 0 Å². The molecule has 2 aromatic rings. The second kappa shape index (κ2) is 7.48. The molecule has 0 aliphatic heterocycles. The van der Waals surface area contributed by atoms with E-state index in [1.165, 1.54) is 12.1 Å². The predicted molar refractivity (Wildman–Crippen MR) is 87.9 cm³/mol. The molecular weight excluding hydrogens is 332 g/mol. The number of nitrogens with one attached hydrogen (secondary N) is 1. The van der Waals surface area contributed by atoms with Crippen LogP contribution in [0.15, 0.2) is 42.5 Å². The van der Waals surface area contributed by atoms with E-state index >= 15 is 0 Å². The lowest BCUT2D eigenvalue weighted by atomic mass is 10.2. The van der Waals surface area contributed by atoms with E-state index in [4.69, 9.17) is 14.7 Å². The van der Waals surface area contributed by atoms with Gasteiger partial charge in [0.2, 0.25) is 10.0 Å². The van der Waals surface area contributed by atoms with E-state index in [-0.39, 0.29) is 29.4 Å². The Morgan fingerprint density at radius 1 is 1.21 bits per heavy atom. The maximum Gasteiger partial charge on any atom is 0.229 e. The Balaban J connectivity index is 2.49. The SMILES string of the molecule is CS(=O)(=O)Nc1cc(OCC#N)c(C=O)cc1Oc1ccccc1. The van der Waals surface area contributed by atoms with Gasteiger partial charge in [0.1, 0.15) is 17.6 Å². The van der Waals surface area contributed by atoms with Gasteiger partial charge in [0.15, 0.2) is 18.6 Å². The molecule has 0 amide bonds. The van der Waals surface area contributed by atoms with Crippen molar-refractivity contribution in [2.75, 3.05) is 17.6 Å². The number of ether oxygens (including phenoxy) is 2. The summed E-state index contributed by atoms with van der Waals surface area (Å²) in [6.45, 7) is -0.280. The van der Waals surface area contributed by atoms with Crippen molar-refractivity contribution in [2.24, 2.45) is 0 Å². The number of sulfonamides is 1. The molecule has 0 saturated carbocycles. The average molecular weight is 346 g/mol. The van der Waals surface area contributed by atoms with Crippen LogP contribution in [0.4, 0.5) is 5.69 Å². The molecule has 124 valence electrons. The highest BCUT2D eigenvalue weighted by Gasteiger charge is 2.15. The van der Waals surface area contributed by atoms with Gasteiger partial charge in [-0.1, -0.05) is 18.2 Å². The lowest BCUT2D eigenvalue weighted by molar-refractivity contribution is 0.112. The fourth-order valence-corrected chi connectivity index (χ4v) is 2.44. The Morgan fingerprint density at radius 2 is 1.92 bits per heavy atom. The van der Waals surface area contributed by atoms with E-state index in [1.807, 2.05) is 0 Å². The number of benzene rings is 2. The zero-order chi connectivity index (χ0) is 17.6. The number of hydrogen-bond donors (Lipinski definition) is 1. The molecule has 2 rings (SSSR count). The Hall–Kier alpha value is -3.05. The Kier molecular flexibility index (Phi) is 5.39. The van der Waals surface area contributed by atoms with E-state index < -0.39 is 10.0 Å². The molecule has 0 aliphatic rings. The molecule has 24 heavy (non-hydrogen) atoms. The number of para-hydroxylation sites is 1. The highest BCUT2D eigenvalue weighted by molar-refractivity contribution is 7.92. The highest BCUT2D eigenvalue weighted by atomic mass is 32.2. The topological polar surface area (TPSA) is 105 Å². The molecule has 0 atom stereocenters. The van der Waals surface area contributed by atoms with E-state index in [0.29, 0.717) is 12.0 Å². The standard InChI is InChI=1S/C16H14N2O5S/c1-24(20,21)18-14-10-15(22-8-7-17)12(11-19)9-16(14)23-13-5-3-2-4-6-13/h2-6,9-11,18H,8H2,1H3. The molecule has 1 N–H and O–H groups in total. The number of aldehydes is 1. The number of nitriles is 1. The smallest absolute Gasteiger partial charge is 0.229 e. The Labute approximate surface area is 139 Å². The summed E-state index contributed by atoms with van der Waals surface area (Å²) in [5.74, 6) is 0.688. The number of nitrogens with zero attached hydrogens (tertiary/aromatic N) is 1. The molecule has 0 aromatic heterocycles. The van der Waals surface area contributed by atoms with E-state index in [2.05, 4.69) is 4.72 Å². The van der Waals surface area contributed by atoms with E-state index in [9.17, 15) is 13.2 Å². The van der Waals surface area contributed by atoms with Crippen molar-refractivity contribution in [1.82, 2.24) is 0 Å². The van der Waals surface area contributed by atoms with Gasteiger partial charge in [0.25, 0.3) is 0 Å². The Morgan fingerprint density at radius 3 is 2.50 bits per heavy atom. The van der Waals surface area contributed by atoms with Crippen molar-refractivity contribution in [3.8, 4) is 23.3 Å². The van der Waals surface area contributed by atoms with Crippen LogP contribution in [0.2, 0.25) is 0 Å². The van der Waals surface area contributed by atoms with Crippen molar-refractivity contribution < 1.29 is 22.7 Å². The summed E-state index contributed by atoms with van der Waals surface area (Å²) in [6, 6.07) is 13.1. The molecule has 7 nitrogen and oxygen atoms in total. The van der Waals surface area contributed by atoms with Crippen LogP contribution in [0.25, 0.3) is 0 Å². The quantitative estimate of drug-likeness (QED) is 0.772. The largest absolute Gasteiger partial charge is 0.478 e. The predicted octanol–water partition coefficient (Wildman–Crippen LogP) is 2.57. The van der Waals surface area contributed by atoms with Crippen molar-refractivity contribution in [3.63, 3.8) is 0 Å². The van der Waals surface area contributed by atoms with Crippen LogP contribution in [0.1, 0.15) is 10.4 Å². The van der Waals surface area contributed by atoms with Gasteiger partial charge in [-0.05, 0) is 18.2 Å². The summed E-state index contributed by atoms with van der Waals surface area (Å²) in [4.78, 5) is 11.2. The lowest BCUT2D eigenvalue weighted by Crippen LogP contribution is -2.11. The van der Waals surface area contributed by atoms with Crippen LogP contribution in [-0.2, 0) is 10.0 Å². The maximum absolute atomic E-state index is 11.6. The molecule has 0 spiro atoms. The van der Waals surface area contributed by atoms with Crippen LogP contribution >= 0.6 is 0 Å². The molecule has 0 heterocycles. The number of hydrogen-bond acceptors (Lipinski definition) is 6. The van der Waals surface area contributed by atoms with Crippen molar-refractivity contribution in [2.45, 2.75) is 0 Å². The monoisotopic (exact) mass is 346 g/mol. The first-order chi connectivity index (χ1) is 11.4. The summed E-state index contributed by atoms with van der Waals surface area (Å²) in [7, 11) is -3.59. The summed E-state index contributed by atoms with van der Waals surface area (Å²) in [6.07, 6.45) is 1.53. The third-order valence-corrected chi connectivity index (χ3v) is 3.39. The minimum absolute atomic E-state index is 0.0816. The van der Waals surface area contributed by atoms with Crippen LogP contribution in [0, 0.1) is 11.3 Å². The lowest BCUT2D eigenvalue weighted by Gasteiger charge is -2.15. The number of carbonyl (C=O) groups excluding carboxylic acids is 1. The van der Waals surface area contributed by atoms with Gasteiger partial charge < -0.3 is 9.47 Å². The normalized spacial score (nSPS) is 10.5. The van der Waals surface area contributed by atoms with Crippen molar-refractivity contribution in [1.29, 1.82) is 5.26 Å². The van der Waals surface area contributed by atoms with Gasteiger partial charge >= 0.3 is 0 Å². The van der Waals surface area contributed by atoms with Gasteiger partial charge in [-0.25, -0.2) is 8.42 Å². The molecule has 2 aromatic carbocycles. The first kappa shape index (κ1) is 17.3. The zero-order valence-electron chi connectivity index (χ0n) is 12.7. The molecule has 8 heteroatoms. The Bertz CT molecular complexity index is 873. The summed E-state index contributed by atoms with van der Waals surface area (Å²) >= 11 is 0. The average Bonchev–Trinajstić information content (AvgIpc) is 2.54. The zero-order valence-corrected chi connectivity index (χ0v) is 13.5. The fraction of sp³-hybridized carbons (Fsp3) is 0.125. The second-order valence-corrected chi connectivity index (χ2v) is 6.49. The minimum atomic E-state index is -3.59. The maximum atomic E-state index is 11.6. The number of anilines is 1. The summed E-state index contributed by atoms with van der Waals surface area (Å²) in [5, 5.41) is 8.60. The highest BCUT2D eigenvalue weighted by Crippen LogP contribution is 2.35. The molecular formula is C16H14N2O5S. The van der Waals surface area contributed by atoms with Gasteiger partial charge in [0.05, 0.1) is 17.5 Å². The first-order valence-corrected chi connectivity index (χ1v) is 8.66. The molecule has 0 radical (unpaired) electrons. The van der Waals surface area contributed by atoms with Gasteiger partial charge in [-0.3, -0.25) is 9.52 Å². The fourth-order valence-electron chi connectivity index (χ4n) is 1.88. The van der Waals surface area contributed by atoms with Crippen molar-refractivity contribution >= 4 is 22.0 Å². The number of carbonyl (C=O) groups is 1. The number of rotatable bonds is 7. The van der Waals surface area contributed by atoms with Crippen LogP contribution in [0.5, 0.6) is 17.2 Å². The molecule has 0 bridgehead atoms. The molecule has 0 unspecified atom stereocenters. The summed E-state index contributed by atoms with van der Waals surface area (Å²) in [5.41, 5.74) is 0.232. The second-order valence-electron chi connectivity index (χ2n) is 4.74. The molecule has 0 saturated heterocycles. The molecule has 0 fully saturated rings. The van der Waals surface area contributed by atoms with E-state index in [0.717, 1.165) is 6.26 Å². The van der Waals surface area contributed by atoms with Gasteiger partial charge in [0, 0.05) is 6.07 Å². The minimum Gasteiger partial charge on any atom is -0.478 e. The van der Waals surface area contributed by atoms with Crippen LogP contribution < -0.4 is 14.2 Å². The summed E-state index contributed by atoms with van der Waals surface area (Å²) < 4.78 is 36.2. The first-order valence-electron chi connectivity index (χ1n) is 6.76. The van der Waals surface area contributed by atoms with E-state index in [1.54, 1.807) is 36.4 Å².